The second kappa shape index (κ2) is 5.95. The number of halogens is 2. The van der Waals surface area contributed by atoms with Gasteiger partial charge in [0.05, 0.1) is 0 Å². The Balaban J connectivity index is 2.16. The summed E-state index contributed by atoms with van der Waals surface area (Å²) in [4.78, 5) is 2.60. The molecule has 2 N–H and O–H groups in total. The van der Waals surface area contributed by atoms with Gasteiger partial charge in [0.1, 0.15) is 5.82 Å². The highest BCUT2D eigenvalue weighted by Crippen LogP contribution is 2.27. The smallest absolute Gasteiger partial charge is 0.123 e. The van der Waals surface area contributed by atoms with E-state index in [0.717, 1.165) is 22.9 Å². The summed E-state index contributed by atoms with van der Waals surface area (Å²) in [5, 5.41) is 0. The summed E-state index contributed by atoms with van der Waals surface area (Å²) in [6, 6.07) is 8.70. The zero-order valence-electron chi connectivity index (χ0n) is 10.1. The second-order valence-corrected chi connectivity index (χ2v) is 6.31. The van der Waals surface area contributed by atoms with Crippen molar-refractivity contribution >= 4 is 27.3 Å². The first-order valence-corrected chi connectivity index (χ1v) is 7.49. The maximum Gasteiger partial charge on any atom is 0.123 e. The summed E-state index contributed by atoms with van der Waals surface area (Å²) in [5.41, 5.74) is 6.98. The molecule has 0 aliphatic heterocycles. The zero-order chi connectivity index (χ0) is 13.1. The Bertz CT molecular complexity index is 538. The van der Waals surface area contributed by atoms with E-state index < -0.39 is 0 Å². The fourth-order valence-electron chi connectivity index (χ4n) is 1.85. The van der Waals surface area contributed by atoms with Crippen molar-refractivity contribution < 1.29 is 4.39 Å². The molecule has 0 amide bonds. The molecule has 1 aromatic heterocycles. The van der Waals surface area contributed by atoms with Crippen molar-refractivity contribution in [2.45, 2.75) is 25.8 Å². The molecule has 1 unspecified atom stereocenters. The summed E-state index contributed by atoms with van der Waals surface area (Å²) < 4.78 is 14.1. The van der Waals surface area contributed by atoms with Gasteiger partial charge in [-0.25, -0.2) is 4.39 Å². The lowest BCUT2D eigenvalue weighted by molar-refractivity contribution is 0.618. The molecule has 96 valence electrons. The van der Waals surface area contributed by atoms with Gasteiger partial charge in [-0.15, -0.1) is 11.3 Å². The molecule has 0 saturated carbocycles. The molecule has 0 aliphatic rings. The summed E-state index contributed by atoms with van der Waals surface area (Å²) in [7, 11) is 0. The van der Waals surface area contributed by atoms with Crippen molar-refractivity contribution in [3.05, 3.63) is 55.9 Å². The van der Waals surface area contributed by atoms with Gasteiger partial charge in [-0.05, 0) is 42.3 Å². The minimum atomic E-state index is -0.246. The maximum absolute atomic E-state index is 13.2. The van der Waals surface area contributed by atoms with E-state index in [1.54, 1.807) is 17.4 Å². The van der Waals surface area contributed by atoms with Crippen LogP contribution in [0.4, 0.5) is 4.39 Å². The highest BCUT2D eigenvalue weighted by Gasteiger charge is 2.13. The Morgan fingerprint density at radius 2 is 2.00 bits per heavy atom. The van der Waals surface area contributed by atoms with Crippen molar-refractivity contribution in [3.8, 4) is 0 Å². The number of rotatable bonds is 4. The number of nitrogens with two attached hydrogens (primary N) is 1. The van der Waals surface area contributed by atoms with E-state index in [1.807, 2.05) is 0 Å². The third-order valence-electron chi connectivity index (χ3n) is 2.84. The molecule has 0 aliphatic carbocycles. The number of benzene rings is 1. The Morgan fingerprint density at radius 1 is 1.28 bits per heavy atom. The topological polar surface area (TPSA) is 26.0 Å². The maximum atomic E-state index is 13.2. The minimum absolute atomic E-state index is 0.182. The van der Waals surface area contributed by atoms with Crippen LogP contribution in [0, 0.1) is 5.82 Å². The lowest BCUT2D eigenvalue weighted by Crippen LogP contribution is -2.13. The fraction of sp³-hybridized carbons (Fsp3) is 0.286. The van der Waals surface area contributed by atoms with Crippen LogP contribution in [0.3, 0.4) is 0 Å². The highest BCUT2D eigenvalue weighted by atomic mass is 79.9. The molecule has 2 rings (SSSR count). The van der Waals surface area contributed by atoms with Crippen LogP contribution in [0.5, 0.6) is 0 Å². The lowest BCUT2D eigenvalue weighted by atomic mass is 10.0. The first kappa shape index (κ1) is 13.7. The molecule has 1 heterocycles. The number of hydrogen-bond acceptors (Lipinski definition) is 2. The van der Waals surface area contributed by atoms with Gasteiger partial charge in [0.2, 0.25) is 0 Å². The van der Waals surface area contributed by atoms with Crippen LogP contribution in [0.2, 0.25) is 0 Å². The molecular formula is C14H15BrFNS. The van der Waals surface area contributed by atoms with Crippen LogP contribution in [-0.2, 0) is 12.8 Å². The Hall–Kier alpha value is -0.710. The van der Waals surface area contributed by atoms with Gasteiger partial charge in [-0.3, -0.25) is 0 Å². The normalized spacial score (nSPS) is 12.7. The van der Waals surface area contributed by atoms with Crippen molar-refractivity contribution in [3.63, 3.8) is 0 Å². The SMILES string of the molecule is CCc1ccc(CC(N)c2cc(F)ccc2Br)s1. The monoisotopic (exact) mass is 327 g/mol. The van der Waals surface area contributed by atoms with E-state index in [2.05, 4.69) is 35.0 Å². The van der Waals surface area contributed by atoms with E-state index in [9.17, 15) is 4.39 Å². The predicted molar refractivity (Wildman–Crippen MR) is 78.4 cm³/mol. The van der Waals surface area contributed by atoms with E-state index in [4.69, 9.17) is 5.73 Å². The molecule has 0 bridgehead atoms. The fourth-order valence-corrected chi connectivity index (χ4v) is 3.40. The Morgan fingerprint density at radius 3 is 2.67 bits per heavy atom. The summed E-state index contributed by atoms with van der Waals surface area (Å²) in [5.74, 6) is -0.246. The molecule has 4 heteroatoms. The first-order chi connectivity index (χ1) is 8.60. The molecule has 0 spiro atoms. The van der Waals surface area contributed by atoms with Crippen molar-refractivity contribution in [2.75, 3.05) is 0 Å². The zero-order valence-corrected chi connectivity index (χ0v) is 12.5. The van der Waals surface area contributed by atoms with E-state index in [1.165, 1.54) is 21.9 Å². The molecule has 0 radical (unpaired) electrons. The molecular weight excluding hydrogens is 313 g/mol. The van der Waals surface area contributed by atoms with Gasteiger partial charge in [0.25, 0.3) is 0 Å². The van der Waals surface area contributed by atoms with Crippen molar-refractivity contribution in [2.24, 2.45) is 5.73 Å². The molecule has 1 nitrogen and oxygen atoms in total. The van der Waals surface area contributed by atoms with Gasteiger partial charge in [-0.2, -0.15) is 0 Å². The third kappa shape index (κ3) is 3.19. The number of aryl methyl sites for hydroxylation is 1. The van der Waals surface area contributed by atoms with Crippen molar-refractivity contribution in [1.82, 2.24) is 0 Å². The average Bonchev–Trinajstić information content (AvgIpc) is 2.80. The Kier molecular flexibility index (Phi) is 4.54. The van der Waals surface area contributed by atoms with Crippen LogP contribution in [0.25, 0.3) is 0 Å². The summed E-state index contributed by atoms with van der Waals surface area (Å²) in [6.45, 7) is 2.14. The standard InChI is InChI=1S/C14H15BrFNS/c1-2-10-4-5-11(18-10)8-14(17)12-7-9(16)3-6-13(12)15/h3-7,14H,2,8,17H2,1H3. The van der Waals surface area contributed by atoms with Crippen LogP contribution in [0.1, 0.15) is 28.3 Å². The quantitative estimate of drug-likeness (QED) is 0.881. The van der Waals surface area contributed by atoms with Crippen LogP contribution in [0.15, 0.2) is 34.8 Å². The van der Waals surface area contributed by atoms with E-state index >= 15 is 0 Å². The second-order valence-electron chi connectivity index (χ2n) is 4.20. The molecule has 2 aromatic rings. The number of hydrogen-bond donors (Lipinski definition) is 1. The van der Waals surface area contributed by atoms with Gasteiger partial charge >= 0.3 is 0 Å². The largest absolute Gasteiger partial charge is 0.324 e. The van der Waals surface area contributed by atoms with E-state index in [0.29, 0.717) is 0 Å². The molecule has 1 atom stereocenters. The molecule has 0 fully saturated rings. The average molecular weight is 328 g/mol. The van der Waals surface area contributed by atoms with Gasteiger partial charge in [0.15, 0.2) is 0 Å². The van der Waals surface area contributed by atoms with Crippen LogP contribution < -0.4 is 5.73 Å². The third-order valence-corrected chi connectivity index (χ3v) is 4.82. The van der Waals surface area contributed by atoms with Crippen molar-refractivity contribution in [1.29, 1.82) is 0 Å². The minimum Gasteiger partial charge on any atom is -0.324 e. The predicted octanol–water partition coefficient (Wildman–Crippen LogP) is 4.45. The molecule has 1 aromatic carbocycles. The van der Waals surface area contributed by atoms with Crippen LogP contribution >= 0.6 is 27.3 Å². The Labute approximate surface area is 119 Å². The van der Waals surface area contributed by atoms with Gasteiger partial charge < -0.3 is 5.73 Å². The van der Waals surface area contributed by atoms with Crippen LogP contribution in [-0.4, -0.2) is 0 Å². The highest BCUT2D eigenvalue weighted by molar-refractivity contribution is 9.10. The summed E-state index contributed by atoms with van der Waals surface area (Å²) in [6.07, 6.45) is 1.79. The van der Waals surface area contributed by atoms with Gasteiger partial charge in [0, 0.05) is 26.7 Å². The lowest BCUT2D eigenvalue weighted by Gasteiger charge is -2.13. The summed E-state index contributed by atoms with van der Waals surface area (Å²) >= 11 is 5.20. The first-order valence-electron chi connectivity index (χ1n) is 5.88. The number of thiophene rings is 1. The van der Waals surface area contributed by atoms with Gasteiger partial charge in [-0.1, -0.05) is 22.9 Å². The molecule has 0 saturated heterocycles. The molecule has 18 heavy (non-hydrogen) atoms. The van der Waals surface area contributed by atoms with E-state index in [-0.39, 0.29) is 11.9 Å².